The summed E-state index contributed by atoms with van der Waals surface area (Å²) in [4.78, 5) is 22.8. The Morgan fingerprint density at radius 1 is 1.05 bits per heavy atom. The van der Waals surface area contributed by atoms with Crippen LogP contribution in [0.3, 0.4) is 0 Å². The van der Waals surface area contributed by atoms with Crippen LogP contribution in [0.1, 0.15) is 101 Å². The van der Waals surface area contributed by atoms with E-state index in [4.69, 9.17) is 9.47 Å². The Kier molecular flexibility index (Phi) is 16.9. The summed E-state index contributed by atoms with van der Waals surface area (Å²) in [5.74, 6) is -0.172. The third-order valence-electron chi connectivity index (χ3n) is 6.93. The van der Waals surface area contributed by atoms with E-state index in [1.807, 2.05) is 19.9 Å². The molecule has 1 aromatic rings. The average molecular weight is 531 g/mol. The predicted molar refractivity (Wildman–Crippen MR) is 160 cm³/mol. The fourth-order valence-electron chi connectivity index (χ4n) is 3.48. The fourth-order valence-corrected chi connectivity index (χ4v) is 3.48. The number of carboxylic acid groups (broad SMARTS) is 1. The highest BCUT2D eigenvalue weighted by molar-refractivity contribution is 6.12. The van der Waals surface area contributed by atoms with Crippen LogP contribution < -0.4 is 15.2 Å². The molecule has 1 aromatic carbocycles. The first kappa shape index (κ1) is 35.6. The van der Waals surface area contributed by atoms with Crippen molar-refractivity contribution >= 4 is 23.9 Å². The molecule has 216 valence electrons. The van der Waals surface area contributed by atoms with Gasteiger partial charge in [-0.05, 0) is 58.2 Å². The van der Waals surface area contributed by atoms with Crippen molar-refractivity contribution in [3.05, 3.63) is 40.8 Å². The SMILES string of the molecule is C=c1cc(OCC(=O)CC)cc/c1=C(/C=C\C(C)CC)C(=O)O.CCCC(C)(C)COCCC(C)(C)CC. The number of allylic oxidation sites excluding steroid dienone is 1. The van der Waals surface area contributed by atoms with Crippen LogP contribution in [0.5, 0.6) is 5.75 Å². The number of carbonyl (C=O) groups is 2. The Labute approximate surface area is 232 Å². The van der Waals surface area contributed by atoms with Gasteiger partial charge >= 0.3 is 5.97 Å². The highest BCUT2D eigenvalue weighted by Crippen LogP contribution is 2.26. The van der Waals surface area contributed by atoms with Gasteiger partial charge < -0.3 is 14.6 Å². The van der Waals surface area contributed by atoms with Gasteiger partial charge in [-0.25, -0.2) is 4.79 Å². The van der Waals surface area contributed by atoms with Crippen molar-refractivity contribution in [2.45, 2.75) is 101 Å². The molecule has 1 unspecified atom stereocenters. The minimum absolute atomic E-state index is 0.00830. The van der Waals surface area contributed by atoms with Crippen LogP contribution in [0.15, 0.2) is 30.4 Å². The summed E-state index contributed by atoms with van der Waals surface area (Å²) in [6.45, 7) is 25.3. The number of carbonyl (C=O) groups excluding carboxylic acids is 1. The van der Waals surface area contributed by atoms with Gasteiger partial charge in [-0.15, -0.1) is 0 Å². The van der Waals surface area contributed by atoms with E-state index < -0.39 is 5.97 Å². The molecule has 0 amide bonds. The second kappa shape index (κ2) is 18.0. The van der Waals surface area contributed by atoms with Crippen molar-refractivity contribution in [3.63, 3.8) is 0 Å². The number of aliphatic carboxylic acids is 1. The zero-order valence-electron chi connectivity index (χ0n) is 25.6. The summed E-state index contributed by atoms with van der Waals surface area (Å²) in [6.07, 6.45) is 9.78. The first-order chi connectivity index (χ1) is 17.7. The van der Waals surface area contributed by atoms with Gasteiger partial charge in [0, 0.05) is 13.0 Å². The highest BCUT2D eigenvalue weighted by atomic mass is 16.5. The molecule has 0 aliphatic heterocycles. The third kappa shape index (κ3) is 15.1. The molecule has 5 heteroatoms. The largest absolute Gasteiger partial charge is 0.486 e. The van der Waals surface area contributed by atoms with Crippen LogP contribution in [-0.4, -0.2) is 36.7 Å². The van der Waals surface area contributed by atoms with Gasteiger partial charge in [0.25, 0.3) is 0 Å². The monoisotopic (exact) mass is 530 g/mol. The number of ketones is 1. The number of Topliss-reactive ketones (excluding diaryl/α,β-unsaturated/α-hetero) is 1. The van der Waals surface area contributed by atoms with Gasteiger partial charge in [0.05, 0.1) is 12.2 Å². The van der Waals surface area contributed by atoms with E-state index in [1.54, 1.807) is 31.2 Å². The van der Waals surface area contributed by atoms with Gasteiger partial charge in [0.15, 0.2) is 5.78 Å². The van der Waals surface area contributed by atoms with Crippen molar-refractivity contribution in [2.24, 2.45) is 16.7 Å². The molecule has 0 aliphatic rings. The van der Waals surface area contributed by atoms with Crippen LogP contribution >= 0.6 is 0 Å². The number of hydrogen-bond donors (Lipinski definition) is 1. The van der Waals surface area contributed by atoms with E-state index in [2.05, 4.69) is 48.1 Å². The fraction of sp³-hybridized carbons (Fsp3) is 0.636. The Morgan fingerprint density at radius 2 is 1.71 bits per heavy atom. The van der Waals surface area contributed by atoms with Gasteiger partial charge in [-0.3, -0.25) is 4.79 Å². The van der Waals surface area contributed by atoms with E-state index in [1.165, 1.54) is 25.7 Å². The quantitative estimate of drug-likeness (QED) is 0.234. The number of ether oxygens (including phenoxy) is 2. The Bertz CT molecular complexity index is 987. The maximum Gasteiger partial charge on any atom is 0.336 e. The van der Waals surface area contributed by atoms with E-state index in [0.29, 0.717) is 39.4 Å². The van der Waals surface area contributed by atoms with Gasteiger partial charge in [0.1, 0.15) is 12.4 Å². The summed E-state index contributed by atoms with van der Waals surface area (Å²) in [5, 5.41) is 10.5. The van der Waals surface area contributed by atoms with Crippen molar-refractivity contribution in [2.75, 3.05) is 19.8 Å². The van der Waals surface area contributed by atoms with Crippen LogP contribution in [0.4, 0.5) is 0 Å². The molecule has 0 bridgehead atoms. The molecule has 0 aliphatic carbocycles. The van der Waals surface area contributed by atoms with Crippen LogP contribution in [0.2, 0.25) is 0 Å². The van der Waals surface area contributed by atoms with E-state index in [0.717, 1.165) is 19.6 Å². The molecule has 0 aromatic heterocycles. The lowest BCUT2D eigenvalue weighted by atomic mass is 9.87. The predicted octanol–water partition coefficient (Wildman–Crippen LogP) is 6.95. The Hall–Kier alpha value is -2.40. The minimum Gasteiger partial charge on any atom is -0.486 e. The average Bonchev–Trinajstić information content (AvgIpc) is 2.86. The molecule has 0 saturated carbocycles. The molecule has 0 spiro atoms. The van der Waals surface area contributed by atoms with Crippen molar-refractivity contribution in [1.82, 2.24) is 0 Å². The third-order valence-corrected chi connectivity index (χ3v) is 6.93. The highest BCUT2D eigenvalue weighted by Gasteiger charge is 2.18. The zero-order valence-corrected chi connectivity index (χ0v) is 25.6. The van der Waals surface area contributed by atoms with Crippen molar-refractivity contribution in [3.8, 4) is 5.75 Å². The summed E-state index contributed by atoms with van der Waals surface area (Å²) < 4.78 is 11.2. The molecule has 0 heterocycles. The summed E-state index contributed by atoms with van der Waals surface area (Å²) >= 11 is 0. The first-order valence-electron chi connectivity index (χ1n) is 14.2. The molecule has 1 N–H and O–H groups in total. The number of hydrogen-bond acceptors (Lipinski definition) is 4. The Morgan fingerprint density at radius 3 is 2.21 bits per heavy atom. The van der Waals surface area contributed by atoms with Crippen LogP contribution in [-0.2, 0) is 14.3 Å². The van der Waals surface area contributed by atoms with E-state index in [9.17, 15) is 14.7 Å². The van der Waals surface area contributed by atoms with Crippen molar-refractivity contribution in [1.29, 1.82) is 0 Å². The molecule has 1 atom stereocenters. The maximum absolute atomic E-state index is 11.5. The molecule has 1 rings (SSSR count). The number of rotatable bonds is 16. The van der Waals surface area contributed by atoms with E-state index in [-0.39, 0.29) is 18.0 Å². The number of benzene rings is 1. The molecule has 5 nitrogen and oxygen atoms in total. The summed E-state index contributed by atoms with van der Waals surface area (Å²) in [5.41, 5.74) is 0.992. The normalized spacial score (nSPS) is 13.5. The molecule has 0 radical (unpaired) electrons. The molecule has 38 heavy (non-hydrogen) atoms. The zero-order chi connectivity index (χ0) is 29.4. The minimum atomic E-state index is -0.996. The molecular formula is C33H54O5. The van der Waals surface area contributed by atoms with Gasteiger partial charge in [-0.2, -0.15) is 0 Å². The van der Waals surface area contributed by atoms with Crippen LogP contribution in [0, 0.1) is 16.7 Å². The molecule has 0 saturated heterocycles. The van der Waals surface area contributed by atoms with Gasteiger partial charge in [0.2, 0.25) is 0 Å². The molecular weight excluding hydrogens is 476 g/mol. The first-order valence-corrected chi connectivity index (χ1v) is 14.2. The maximum atomic E-state index is 11.5. The standard InChI is InChI=1S/C19H24O4.C14H30O/c1-5-13(3)7-9-18(19(21)22)17-10-8-16(11-14(17)4)23-12-15(20)6-2;1-7-9-14(5,6)12-15-11-10-13(3,4)8-2/h7-11,13H,4-6,12H2,1-3H3,(H,21,22);7-12H2,1-6H3/b9-7-,18-17+;. The van der Waals surface area contributed by atoms with Crippen molar-refractivity contribution < 1.29 is 24.2 Å². The topological polar surface area (TPSA) is 72.8 Å². The number of carboxylic acids is 1. The summed E-state index contributed by atoms with van der Waals surface area (Å²) in [6, 6.07) is 4.98. The lowest BCUT2D eigenvalue weighted by molar-refractivity contribution is -0.130. The van der Waals surface area contributed by atoms with Crippen LogP contribution in [0.25, 0.3) is 12.2 Å². The summed E-state index contributed by atoms with van der Waals surface area (Å²) in [7, 11) is 0. The molecule has 0 fully saturated rings. The lowest BCUT2D eigenvalue weighted by Crippen LogP contribution is -2.28. The smallest absolute Gasteiger partial charge is 0.336 e. The second-order valence-corrected chi connectivity index (χ2v) is 11.7. The van der Waals surface area contributed by atoms with E-state index >= 15 is 0 Å². The second-order valence-electron chi connectivity index (χ2n) is 11.7. The lowest BCUT2D eigenvalue weighted by Gasteiger charge is -2.26. The Balaban J connectivity index is 0.000000793. The van der Waals surface area contributed by atoms with Gasteiger partial charge in [-0.1, -0.05) is 100 Å².